The van der Waals surface area contributed by atoms with Crippen LogP contribution >= 0.6 is 0 Å². The van der Waals surface area contributed by atoms with Crippen molar-refractivity contribution < 1.29 is 21.6 Å². The van der Waals surface area contributed by atoms with Crippen LogP contribution in [-0.2, 0) is 31.1 Å². The SMILES string of the molecule is CN(C)S(=O)(=O)c1cccc(NC(=O)CS(=O)(=O)CCCc2ccccc2)c1. The summed E-state index contributed by atoms with van der Waals surface area (Å²) in [5, 5.41) is 2.46. The highest BCUT2D eigenvalue weighted by Gasteiger charge is 2.19. The third-order valence-corrected chi connectivity index (χ3v) is 7.43. The molecule has 0 saturated carbocycles. The van der Waals surface area contributed by atoms with E-state index in [1.165, 1.54) is 38.4 Å². The predicted molar refractivity (Wildman–Crippen MR) is 109 cm³/mol. The fourth-order valence-corrected chi connectivity index (χ4v) is 4.70. The molecule has 2 aromatic rings. The number of carbonyl (C=O) groups excluding carboxylic acids is 1. The summed E-state index contributed by atoms with van der Waals surface area (Å²) in [6, 6.07) is 15.2. The van der Waals surface area contributed by atoms with Gasteiger partial charge in [0.25, 0.3) is 0 Å². The van der Waals surface area contributed by atoms with E-state index < -0.39 is 31.5 Å². The Labute approximate surface area is 166 Å². The van der Waals surface area contributed by atoms with Gasteiger partial charge in [-0.05, 0) is 36.6 Å². The summed E-state index contributed by atoms with van der Waals surface area (Å²) < 4.78 is 49.7. The fraction of sp³-hybridized carbons (Fsp3) is 0.316. The van der Waals surface area contributed by atoms with Crippen LogP contribution in [0.4, 0.5) is 5.69 Å². The Hall–Kier alpha value is -2.23. The number of hydrogen-bond acceptors (Lipinski definition) is 5. The first kappa shape index (κ1) is 22.1. The van der Waals surface area contributed by atoms with Crippen molar-refractivity contribution in [1.29, 1.82) is 0 Å². The second-order valence-electron chi connectivity index (χ2n) is 6.54. The van der Waals surface area contributed by atoms with E-state index in [4.69, 9.17) is 0 Å². The first-order valence-electron chi connectivity index (χ1n) is 8.67. The average Bonchev–Trinajstić information content (AvgIpc) is 2.62. The van der Waals surface area contributed by atoms with Gasteiger partial charge in [0.05, 0.1) is 10.6 Å². The van der Waals surface area contributed by atoms with Gasteiger partial charge in [0.2, 0.25) is 15.9 Å². The quantitative estimate of drug-likeness (QED) is 0.663. The number of carbonyl (C=O) groups is 1. The molecule has 0 atom stereocenters. The molecule has 2 rings (SSSR count). The summed E-state index contributed by atoms with van der Waals surface area (Å²) >= 11 is 0. The van der Waals surface area contributed by atoms with E-state index in [1.807, 2.05) is 30.3 Å². The Bertz CT molecular complexity index is 1020. The predicted octanol–water partition coefficient (Wildman–Crippen LogP) is 1.92. The highest BCUT2D eigenvalue weighted by atomic mass is 32.2. The second-order valence-corrected chi connectivity index (χ2v) is 10.9. The zero-order valence-electron chi connectivity index (χ0n) is 15.8. The molecule has 1 N–H and O–H groups in total. The molecule has 7 nitrogen and oxygen atoms in total. The van der Waals surface area contributed by atoms with Gasteiger partial charge in [0, 0.05) is 19.8 Å². The lowest BCUT2D eigenvalue weighted by Gasteiger charge is -2.12. The highest BCUT2D eigenvalue weighted by molar-refractivity contribution is 7.92. The average molecular weight is 425 g/mol. The van der Waals surface area contributed by atoms with Crippen LogP contribution in [0.5, 0.6) is 0 Å². The largest absolute Gasteiger partial charge is 0.325 e. The summed E-state index contributed by atoms with van der Waals surface area (Å²) in [4.78, 5) is 12.1. The molecule has 0 bridgehead atoms. The number of aryl methyl sites for hydroxylation is 1. The third kappa shape index (κ3) is 6.43. The van der Waals surface area contributed by atoms with E-state index in [1.54, 1.807) is 0 Å². The van der Waals surface area contributed by atoms with Gasteiger partial charge >= 0.3 is 0 Å². The van der Waals surface area contributed by atoms with Gasteiger partial charge < -0.3 is 5.32 Å². The van der Waals surface area contributed by atoms with Crippen molar-refractivity contribution in [2.45, 2.75) is 17.7 Å². The van der Waals surface area contributed by atoms with Crippen molar-refractivity contribution in [3.8, 4) is 0 Å². The number of anilines is 1. The maximum Gasteiger partial charge on any atom is 0.242 e. The van der Waals surface area contributed by atoms with Crippen LogP contribution in [0, 0.1) is 0 Å². The second kappa shape index (κ2) is 9.31. The van der Waals surface area contributed by atoms with Crippen molar-refractivity contribution in [2.24, 2.45) is 0 Å². The molecule has 0 aliphatic rings. The molecule has 0 aliphatic carbocycles. The number of hydrogen-bond donors (Lipinski definition) is 1. The monoisotopic (exact) mass is 424 g/mol. The first-order valence-corrected chi connectivity index (χ1v) is 11.9. The Balaban J connectivity index is 1.94. The Morgan fingerprint density at radius 2 is 1.64 bits per heavy atom. The number of benzene rings is 2. The van der Waals surface area contributed by atoms with Gasteiger partial charge in [0.1, 0.15) is 5.75 Å². The number of rotatable bonds is 9. The van der Waals surface area contributed by atoms with Crippen LogP contribution in [0.25, 0.3) is 0 Å². The van der Waals surface area contributed by atoms with E-state index in [9.17, 15) is 21.6 Å². The zero-order chi connectivity index (χ0) is 20.8. The Morgan fingerprint density at radius 3 is 2.29 bits per heavy atom. The molecule has 152 valence electrons. The van der Waals surface area contributed by atoms with Crippen LogP contribution in [0.15, 0.2) is 59.5 Å². The summed E-state index contributed by atoms with van der Waals surface area (Å²) in [5.74, 6) is -1.43. The molecule has 0 fully saturated rings. The van der Waals surface area contributed by atoms with Gasteiger partial charge in [0.15, 0.2) is 9.84 Å². The van der Waals surface area contributed by atoms with E-state index in [0.717, 1.165) is 9.87 Å². The molecular formula is C19H24N2O5S2. The number of sulfonamides is 1. The lowest BCUT2D eigenvalue weighted by molar-refractivity contribution is -0.113. The Kier molecular flexibility index (Phi) is 7.34. The van der Waals surface area contributed by atoms with E-state index in [2.05, 4.69) is 5.32 Å². The van der Waals surface area contributed by atoms with Crippen LogP contribution in [0.1, 0.15) is 12.0 Å². The minimum atomic E-state index is -3.64. The van der Waals surface area contributed by atoms with Gasteiger partial charge in [-0.3, -0.25) is 4.79 Å². The maximum atomic E-state index is 12.2. The molecule has 0 unspecified atom stereocenters. The van der Waals surface area contributed by atoms with Crippen molar-refractivity contribution in [1.82, 2.24) is 4.31 Å². The maximum absolute atomic E-state index is 12.2. The standard InChI is InChI=1S/C19H24N2O5S2/c1-21(2)28(25,26)18-12-6-11-17(14-18)20-19(22)15-27(23,24)13-7-10-16-8-4-3-5-9-16/h3-6,8-9,11-12,14H,7,10,13,15H2,1-2H3,(H,20,22). The molecule has 28 heavy (non-hydrogen) atoms. The summed E-state index contributed by atoms with van der Waals surface area (Å²) in [6.45, 7) is 0. The normalized spacial score (nSPS) is 12.1. The number of nitrogens with zero attached hydrogens (tertiary/aromatic N) is 1. The van der Waals surface area contributed by atoms with E-state index in [-0.39, 0.29) is 16.3 Å². The lowest BCUT2D eigenvalue weighted by atomic mass is 10.1. The summed E-state index contributed by atoms with van der Waals surface area (Å²) in [5.41, 5.74) is 1.27. The van der Waals surface area contributed by atoms with Gasteiger partial charge in [-0.25, -0.2) is 21.1 Å². The van der Waals surface area contributed by atoms with Crippen LogP contribution < -0.4 is 5.32 Å². The topological polar surface area (TPSA) is 101 Å². The van der Waals surface area contributed by atoms with E-state index in [0.29, 0.717) is 12.8 Å². The van der Waals surface area contributed by atoms with Crippen LogP contribution in [-0.4, -0.2) is 52.6 Å². The number of nitrogens with one attached hydrogen (secondary N) is 1. The molecule has 0 aliphatic heterocycles. The van der Waals surface area contributed by atoms with Gasteiger partial charge in [-0.15, -0.1) is 0 Å². The Morgan fingerprint density at radius 1 is 0.964 bits per heavy atom. The molecule has 1 amide bonds. The molecule has 0 heterocycles. The number of sulfone groups is 1. The first-order chi connectivity index (χ1) is 13.1. The molecule has 0 spiro atoms. The molecule has 0 saturated heterocycles. The molecule has 0 radical (unpaired) electrons. The summed E-state index contributed by atoms with van der Waals surface area (Å²) in [6.07, 6.45) is 1.04. The van der Waals surface area contributed by atoms with Crippen LogP contribution in [0.2, 0.25) is 0 Å². The van der Waals surface area contributed by atoms with Gasteiger partial charge in [-0.2, -0.15) is 0 Å². The summed E-state index contributed by atoms with van der Waals surface area (Å²) in [7, 11) is -4.40. The van der Waals surface area contributed by atoms with Crippen molar-refractivity contribution in [3.05, 3.63) is 60.2 Å². The third-order valence-electron chi connectivity index (χ3n) is 4.01. The van der Waals surface area contributed by atoms with E-state index >= 15 is 0 Å². The molecule has 2 aromatic carbocycles. The fourth-order valence-electron chi connectivity index (χ4n) is 2.55. The minimum Gasteiger partial charge on any atom is -0.325 e. The van der Waals surface area contributed by atoms with Gasteiger partial charge in [-0.1, -0.05) is 36.4 Å². The number of amides is 1. The minimum absolute atomic E-state index is 0.0148. The van der Waals surface area contributed by atoms with Crippen LogP contribution in [0.3, 0.4) is 0 Å². The molecular weight excluding hydrogens is 400 g/mol. The van der Waals surface area contributed by atoms with Crippen molar-refractivity contribution >= 4 is 31.5 Å². The van der Waals surface area contributed by atoms with Crippen molar-refractivity contribution in [2.75, 3.05) is 30.9 Å². The smallest absolute Gasteiger partial charge is 0.242 e. The van der Waals surface area contributed by atoms with Crippen molar-refractivity contribution in [3.63, 3.8) is 0 Å². The highest BCUT2D eigenvalue weighted by Crippen LogP contribution is 2.18. The molecule has 0 aromatic heterocycles. The molecule has 9 heteroatoms. The lowest BCUT2D eigenvalue weighted by Crippen LogP contribution is -2.25. The zero-order valence-corrected chi connectivity index (χ0v) is 17.5.